The molecule has 0 aromatic heterocycles. The van der Waals surface area contributed by atoms with Gasteiger partial charge in [0.2, 0.25) is 5.91 Å². The molecule has 0 unspecified atom stereocenters. The molecule has 5 heteroatoms. The Bertz CT molecular complexity index is 437. The van der Waals surface area contributed by atoms with Gasteiger partial charge in [0.05, 0.1) is 19.7 Å². The zero-order valence-electron chi connectivity index (χ0n) is 11.3. The number of nitrogens with zero attached hydrogens (tertiary/aromatic N) is 2. The van der Waals surface area contributed by atoms with E-state index in [2.05, 4.69) is 11.4 Å². The van der Waals surface area contributed by atoms with Gasteiger partial charge in [0.1, 0.15) is 5.75 Å². The SMILES string of the molecule is COc1ccc(NC(=O)CN(C)CCCC#N)cc1. The molecular formula is C14H19N3O2. The van der Waals surface area contributed by atoms with Crippen LogP contribution in [0.5, 0.6) is 5.75 Å². The Balaban J connectivity index is 2.35. The largest absolute Gasteiger partial charge is 0.497 e. The Morgan fingerprint density at radius 1 is 1.42 bits per heavy atom. The lowest BCUT2D eigenvalue weighted by Gasteiger charge is -2.15. The third-order valence-corrected chi connectivity index (χ3v) is 2.62. The van der Waals surface area contributed by atoms with E-state index in [1.165, 1.54) is 0 Å². The van der Waals surface area contributed by atoms with E-state index in [9.17, 15) is 4.79 Å². The van der Waals surface area contributed by atoms with E-state index in [-0.39, 0.29) is 5.91 Å². The lowest BCUT2D eigenvalue weighted by Crippen LogP contribution is -2.30. The average molecular weight is 261 g/mol. The molecule has 5 nitrogen and oxygen atoms in total. The molecule has 0 aliphatic heterocycles. The van der Waals surface area contributed by atoms with Gasteiger partial charge in [0.25, 0.3) is 0 Å². The van der Waals surface area contributed by atoms with Crippen LogP contribution < -0.4 is 10.1 Å². The average Bonchev–Trinajstić information content (AvgIpc) is 2.39. The number of nitriles is 1. The Hall–Kier alpha value is -2.06. The van der Waals surface area contributed by atoms with Crippen LogP contribution in [-0.4, -0.2) is 38.1 Å². The quantitative estimate of drug-likeness (QED) is 0.761. The highest BCUT2D eigenvalue weighted by atomic mass is 16.5. The van der Waals surface area contributed by atoms with Crippen LogP contribution in [0.25, 0.3) is 0 Å². The summed E-state index contributed by atoms with van der Waals surface area (Å²) in [5.74, 6) is 0.691. The van der Waals surface area contributed by atoms with Crippen molar-refractivity contribution in [3.05, 3.63) is 24.3 Å². The molecule has 1 N–H and O–H groups in total. The van der Waals surface area contributed by atoms with Gasteiger partial charge in [-0.15, -0.1) is 0 Å². The maximum absolute atomic E-state index is 11.8. The van der Waals surface area contributed by atoms with E-state index in [1.54, 1.807) is 31.4 Å². The van der Waals surface area contributed by atoms with E-state index in [0.717, 1.165) is 24.4 Å². The minimum atomic E-state index is -0.0652. The normalized spacial score (nSPS) is 10.0. The molecule has 1 amide bonds. The summed E-state index contributed by atoms with van der Waals surface area (Å²) in [6.07, 6.45) is 1.30. The zero-order valence-corrected chi connectivity index (χ0v) is 11.3. The van der Waals surface area contributed by atoms with E-state index in [0.29, 0.717) is 13.0 Å². The second-order valence-corrected chi connectivity index (χ2v) is 4.28. The molecule has 0 fully saturated rings. The predicted octanol–water partition coefficient (Wildman–Crippen LogP) is 1.87. The molecule has 0 heterocycles. The van der Waals surface area contributed by atoms with E-state index in [1.807, 2.05) is 11.9 Å². The fourth-order valence-electron chi connectivity index (χ4n) is 1.63. The highest BCUT2D eigenvalue weighted by Gasteiger charge is 2.06. The number of carbonyl (C=O) groups excluding carboxylic acids is 1. The summed E-state index contributed by atoms with van der Waals surface area (Å²) in [4.78, 5) is 13.7. The molecule has 0 aliphatic rings. The fraction of sp³-hybridized carbons (Fsp3) is 0.429. The molecular weight excluding hydrogens is 242 g/mol. The molecule has 1 aromatic rings. The van der Waals surface area contributed by atoms with Crippen molar-refractivity contribution < 1.29 is 9.53 Å². The molecule has 0 saturated heterocycles. The number of ether oxygens (including phenoxy) is 1. The second-order valence-electron chi connectivity index (χ2n) is 4.28. The first-order valence-corrected chi connectivity index (χ1v) is 6.15. The van der Waals surface area contributed by atoms with Crippen molar-refractivity contribution in [2.45, 2.75) is 12.8 Å². The summed E-state index contributed by atoms with van der Waals surface area (Å²) < 4.78 is 5.05. The smallest absolute Gasteiger partial charge is 0.238 e. The van der Waals surface area contributed by atoms with Crippen LogP contribution in [0.3, 0.4) is 0 Å². The molecule has 1 rings (SSSR count). The molecule has 102 valence electrons. The van der Waals surface area contributed by atoms with Gasteiger partial charge in [0, 0.05) is 12.1 Å². The Kier molecular flexibility index (Phi) is 6.41. The lowest BCUT2D eigenvalue weighted by atomic mass is 10.3. The first-order valence-electron chi connectivity index (χ1n) is 6.15. The van der Waals surface area contributed by atoms with Gasteiger partial charge in [-0.05, 0) is 44.3 Å². The van der Waals surface area contributed by atoms with Crippen LogP contribution in [0.2, 0.25) is 0 Å². The second kappa shape index (κ2) is 8.11. The third-order valence-electron chi connectivity index (χ3n) is 2.62. The van der Waals surface area contributed by atoms with Gasteiger partial charge >= 0.3 is 0 Å². The van der Waals surface area contributed by atoms with Gasteiger partial charge in [-0.3, -0.25) is 9.69 Å². The number of hydrogen-bond acceptors (Lipinski definition) is 4. The molecule has 0 spiro atoms. The zero-order chi connectivity index (χ0) is 14.1. The molecule has 0 bridgehead atoms. The van der Waals surface area contributed by atoms with Crippen molar-refractivity contribution in [1.29, 1.82) is 5.26 Å². The molecule has 0 radical (unpaired) electrons. The Morgan fingerprint density at radius 2 is 2.11 bits per heavy atom. The number of nitrogens with one attached hydrogen (secondary N) is 1. The summed E-state index contributed by atoms with van der Waals surface area (Å²) in [6.45, 7) is 1.06. The minimum Gasteiger partial charge on any atom is -0.497 e. The summed E-state index contributed by atoms with van der Waals surface area (Å²) in [6, 6.07) is 9.28. The molecule has 1 aromatic carbocycles. The van der Waals surface area contributed by atoms with Crippen molar-refractivity contribution in [2.24, 2.45) is 0 Å². The monoisotopic (exact) mass is 261 g/mol. The summed E-state index contributed by atoms with van der Waals surface area (Å²) in [5, 5.41) is 11.3. The number of methoxy groups -OCH3 is 1. The van der Waals surface area contributed by atoms with Gasteiger partial charge in [-0.2, -0.15) is 5.26 Å². The molecule has 19 heavy (non-hydrogen) atoms. The number of hydrogen-bond donors (Lipinski definition) is 1. The summed E-state index contributed by atoms with van der Waals surface area (Å²) in [5.41, 5.74) is 0.747. The number of carbonyl (C=O) groups is 1. The number of benzene rings is 1. The number of unbranched alkanes of at least 4 members (excludes halogenated alkanes) is 1. The van der Waals surface area contributed by atoms with Crippen molar-refractivity contribution >= 4 is 11.6 Å². The Labute approximate surface area is 113 Å². The van der Waals surface area contributed by atoms with Gasteiger partial charge in [-0.25, -0.2) is 0 Å². The first kappa shape index (κ1) is 15.0. The van der Waals surface area contributed by atoms with Crippen molar-refractivity contribution in [3.8, 4) is 11.8 Å². The highest BCUT2D eigenvalue weighted by Crippen LogP contribution is 2.14. The third kappa shape index (κ3) is 5.89. The van der Waals surface area contributed by atoms with Crippen LogP contribution in [0, 0.1) is 11.3 Å². The molecule has 0 saturated carbocycles. The van der Waals surface area contributed by atoms with Crippen LogP contribution in [0.15, 0.2) is 24.3 Å². The van der Waals surface area contributed by atoms with Crippen LogP contribution >= 0.6 is 0 Å². The summed E-state index contributed by atoms with van der Waals surface area (Å²) in [7, 11) is 3.47. The predicted molar refractivity (Wildman–Crippen MR) is 74.0 cm³/mol. The molecule has 0 atom stereocenters. The summed E-state index contributed by atoms with van der Waals surface area (Å²) >= 11 is 0. The van der Waals surface area contributed by atoms with Gasteiger partial charge in [0.15, 0.2) is 0 Å². The number of likely N-dealkylation sites (N-methyl/N-ethyl adjacent to an activating group) is 1. The Morgan fingerprint density at radius 3 is 2.68 bits per heavy atom. The topological polar surface area (TPSA) is 65.4 Å². The van der Waals surface area contributed by atoms with Gasteiger partial charge < -0.3 is 10.1 Å². The van der Waals surface area contributed by atoms with Crippen LogP contribution in [0.1, 0.15) is 12.8 Å². The van der Waals surface area contributed by atoms with E-state index < -0.39 is 0 Å². The lowest BCUT2D eigenvalue weighted by molar-refractivity contribution is -0.117. The highest BCUT2D eigenvalue weighted by molar-refractivity contribution is 5.92. The standard InChI is InChI=1S/C14H19N3O2/c1-17(10-4-3-9-15)11-14(18)16-12-5-7-13(19-2)8-6-12/h5-8H,3-4,10-11H2,1-2H3,(H,16,18). The first-order chi connectivity index (χ1) is 9.15. The van der Waals surface area contributed by atoms with Crippen LogP contribution in [-0.2, 0) is 4.79 Å². The molecule has 0 aliphatic carbocycles. The maximum Gasteiger partial charge on any atom is 0.238 e. The fourth-order valence-corrected chi connectivity index (χ4v) is 1.63. The van der Waals surface area contributed by atoms with Crippen molar-refractivity contribution in [1.82, 2.24) is 4.90 Å². The van der Waals surface area contributed by atoms with Crippen molar-refractivity contribution in [2.75, 3.05) is 32.6 Å². The van der Waals surface area contributed by atoms with Crippen LogP contribution in [0.4, 0.5) is 5.69 Å². The minimum absolute atomic E-state index is 0.0652. The number of anilines is 1. The van der Waals surface area contributed by atoms with E-state index in [4.69, 9.17) is 10.00 Å². The number of amides is 1. The maximum atomic E-state index is 11.8. The van der Waals surface area contributed by atoms with Gasteiger partial charge in [-0.1, -0.05) is 0 Å². The van der Waals surface area contributed by atoms with E-state index >= 15 is 0 Å². The number of rotatable bonds is 7. The van der Waals surface area contributed by atoms with Crippen molar-refractivity contribution in [3.63, 3.8) is 0 Å².